The number of rotatable bonds is 9. The second-order valence-electron chi connectivity index (χ2n) is 24.1. The van der Waals surface area contributed by atoms with E-state index >= 15 is 0 Å². The third-order valence-corrected chi connectivity index (χ3v) is 18.6. The monoisotopic (exact) mass is 1150 g/mol. The topological polar surface area (TPSA) is 32.3 Å². The third kappa shape index (κ3) is 9.16. The number of fused-ring (bicyclic) bond motifs is 8. The highest BCUT2D eigenvalue weighted by Crippen LogP contribution is 2.48. The molecule has 0 saturated heterocycles. The summed E-state index contributed by atoms with van der Waals surface area (Å²) in [6.45, 7) is -0.159. The van der Waals surface area contributed by atoms with Gasteiger partial charge in [-0.2, -0.15) is 0 Å². The van der Waals surface area contributed by atoms with Crippen molar-refractivity contribution < 1.29 is 0 Å². The van der Waals surface area contributed by atoms with Crippen LogP contribution < -0.4 is 26.2 Å². The van der Waals surface area contributed by atoms with Gasteiger partial charge in [-0.1, -0.05) is 218 Å². The van der Waals surface area contributed by atoms with E-state index < -0.39 is 0 Å². The number of hydrogen-bond acceptors (Lipinski definition) is 4. The molecule has 1 aromatic heterocycles. The standard InChI is InChI=1S/C86H55BN4/c1-7-23-56(24-8-1)64-43-65(57-25-9-2-10-26-57)46-72(45-64)79-55-80(73-47-66(58-27-11-3-12-28-58)44-67(48-73)59-29-13-4-14-30-59)89-86(88-79)74-53-83-85-84(54-74)91(76-37-17-6-18-38-76)82-52-71-42-63-34-22-20-32-61(63)40-69(71)50-78(82)87(85)77-49-68-39-60-31-19-21-33-62(60)41-70(68)51-81(77)90(83)75-35-15-5-16-36-75/h1-55H. The molecule has 2 aliphatic heterocycles. The highest BCUT2D eigenvalue weighted by Gasteiger charge is 2.44. The fraction of sp³-hybridized carbons (Fsp3) is 0. The second kappa shape index (κ2) is 21.4. The van der Waals surface area contributed by atoms with E-state index in [2.05, 4.69) is 343 Å². The van der Waals surface area contributed by atoms with Crippen molar-refractivity contribution in [2.75, 3.05) is 9.80 Å². The summed E-state index contributed by atoms with van der Waals surface area (Å²) in [6.07, 6.45) is 0. The van der Waals surface area contributed by atoms with Crippen molar-refractivity contribution in [2.24, 2.45) is 0 Å². The second-order valence-corrected chi connectivity index (χ2v) is 24.1. The van der Waals surface area contributed by atoms with Gasteiger partial charge in [-0.25, -0.2) is 9.97 Å². The maximum absolute atomic E-state index is 5.87. The van der Waals surface area contributed by atoms with Gasteiger partial charge in [-0.05, 0) is 219 Å². The van der Waals surface area contributed by atoms with Crippen LogP contribution in [0.2, 0.25) is 0 Å². The quantitative estimate of drug-likeness (QED) is 0.106. The average Bonchev–Trinajstić information content (AvgIpc) is 0.745. The zero-order valence-corrected chi connectivity index (χ0v) is 49.6. The predicted molar refractivity (Wildman–Crippen MR) is 384 cm³/mol. The highest BCUT2D eigenvalue weighted by molar-refractivity contribution is 7.00. The van der Waals surface area contributed by atoms with Crippen molar-refractivity contribution in [1.82, 2.24) is 9.97 Å². The van der Waals surface area contributed by atoms with Crippen molar-refractivity contribution in [2.45, 2.75) is 0 Å². The van der Waals surface area contributed by atoms with E-state index in [1.54, 1.807) is 0 Å². The number of para-hydroxylation sites is 2. The fourth-order valence-corrected chi connectivity index (χ4v) is 14.3. The van der Waals surface area contributed by atoms with Crippen LogP contribution in [0.3, 0.4) is 0 Å². The number of anilines is 6. The Morgan fingerprint density at radius 2 is 0.505 bits per heavy atom. The summed E-state index contributed by atoms with van der Waals surface area (Å²) in [5, 5.41) is 9.67. The Morgan fingerprint density at radius 1 is 0.209 bits per heavy atom. The van der Waals surface area contributed by atoms with E-state index in [9.17, 15) is 0 Å². The third-order valence-electron chi connectivity index (χ3n) is 18.6. The molecule has 3 heterocycles. The van der Waals surface area contributed by atoms with Crippen LogP contribution in [0.5, 0.6) is 0 Å². The van der Waals surface area contributed by atoms with Crippen molar-refractivity contribution in [3.8, 4) is 78.4 Å². The molecule has 0 bridgehead atoms. The minimum absolute atomic E-state index is 0.159. The number of hydrogen-bond donors (Lipinski definition) is 0. The van der Waals surface area contributed by atoms with Crippen molar-refractivity contribution >= 4 is 100 Å². The summed E-state index contributed by atoms with van der Waals surface area (Å²) in [4.78, 5) is 16.8. The van der Waals surface area contributed by atoms with Gasteiger partial charge >= 0.3 is 0 Å². The molecule has 91 heavy (non-hydrogen) atoms. The fourth-order valence-electron chi connectivity index (χ4n) is 14.3. The summed E-state index contributed by atoms with van der Waals surface area (Å²) in [7, 11) is 0. The summed E-state index contributed by atoms with van der Waals surface area (Å²) in [5.74, 6) is 0.619. The van der Waals surface area contributed by atoms with Gasteiger partial charge in [0.2, 0.25) is 0 Å². The number of nitrogens with zero attached hydrogens (tertiary/aromatic N) is 4. The molecule has 422 valence electrons. The molecule has 0 N–H and O–H groups in total. The Kier molecular flexibility index (Phi) is 12.3. The van der Waals surface area contributed by atoms with Crippen LogP contribution in [0.1, 0.15) is 0 Å². The molecule has 0 spiro atoms. The Bertz CT molecular complexity index is 5080. The van der Waals surface area contributed by atoms with Gasteiger partial charge in [0.1, 0.15) is 0 Å². The zero-order chi connectivity index (χ0) is 59.9. The minimum Gasteiger partial charge on any atom is -0.311 e. The normalized spacial score (nSPS) is 12.3. The summed E-state index contributed by atoms with van der Waals surface area (Å²) in [5.41, 5.74) is 23.8. The predicted octanol–water partition coefficient (Wildman–Crippen LogP) is 20.8. The molecule has 0 radical (unpaired) electrons. The maximum Gasteiger partial charge on any atom is 0.252 e. The van der Waals surface area contributed by atoms with Crippen LogP contribution in [-0.4, -0.2) is 16.7 Å². The molecule has 0 fully saturated rings. The molecule has 4 nitrogen and oxygen atoms in total. The molecule has 0 atom stereocenters. The van der Waals surface area contributed by atoms with Crippen LogP contribution in [0, 0.1) is 0 Å². The lowest BCUT2D eigenvalue weighted by molar-refractivity contribution is 1.18. The Morgan fingerprint density at radius 3 is 0.846 bits per heavy atom. The molecule has 0 unspecified atom stereocenters. The average molecular weight is 1160 g/mol. The van der Waals surface area contributed by atoms with E-state index in [4.69, 9.17) is 9.97 Å². The van der Waals surface area contributed by atoms with E-state index in [1.807, 2.05) is 0 Å². The summed E-state index contributed by atoms with van der Waals surface area (Å²) >= 11 is 0. The molecule has 18 rings (SSSR count). The zero-order valence-electron chi connectivity index (χ0n) is 49.6. The maximum atomic E-state index is 5.87. The smallest absolute Gasteiger partial charge is 0.252 e. The van der Waals surface area contributed by atoms with E-state index in [-0.39, 0.29) is 6.71 Å². The van der Waals surface area contributed by atoms with Gasteiger partial charge in [0, 0.05) is 50.8 Å². The molecule has 15 aromatic carbocycles. The first-order valence-electron chi connectivity index (χ1n) is 31.3. The van der Waals surface area contributed by atoms with Crippen molar-refractivity contribution in [1.29, 1.82) is 0 Å². The lowest BCUT2D eigenvalue weighted by atomic mass is 9.33. The van der Waals surface area contributed by atoms with Gasteiger partial charge in [-0.15, -0.1) is 0 Å². The molecular weight excluding hydrogens is 1100 g/mol. The first-order valence-corrected chi connectivity index (χ1v) is 31.3. The van der Waals surface area contributed by atoms with Gasteiger partial charge < -0.3 is 9.80 Å². The first kappa shape index (κ1) is 52.2. The Labute approximate surface area is 529 Å². The Balaban J connectivity index is 0.953. The molecule has 2 aliphatic rings. The molecule has 0 saturated carbocycles. The van der Waals surface area contributed by atoms with E-state index in [0.29, 0.717) is 5.82 Å². The number of benzene rings is 15. The van der Waals surface area contributed by atoms with E-state index in [1.165, 1.54) is 59.5 Å². The van der Waals surface area contributed by atoms with Crippen LogP contribution >= 0.6 is 0 Å². The minimum atomic E-state index is -0.159. The number of aromatic nitrogens is 2. The molecule has 16 aromatic rings. The molecule has 5 heteroatoms. The Hall–Kier alpha value is -11.9. The SMILES string of the molecule is c1ccc(-c2cc(-c3ccccc3)cc(-c3cc(-c4cc(-c5ccccc5)cc(-c5ccccc5)c4)nc(-c4cc5c6c(c4)N(c4ccccc4)c4cc7cc8ccccc8cc7cc4B6c4cc6cc7ccccc7cc6cc4N5c4ccccc4)n3)c2)cc1. The highest BCUT2D eigenvalue weighted by atomic mass is 15.2. The summed E-state index contributed by atoms with van der Waals surface area (Å²) in [6, 6.07) is 122. The van der Waals surface area contributed by atoms with Crippen LogP contribution in [0.4, 0.5) is 34.1 Å². The van der Waals surface area contributed by atoms with Crippen LogP contribution in [0.15, 0.2) is 334 Å². The van der Waals surface area contributed by atoms with Gasteiger partial charge in [0.25, 0.3) is 6.71 Å². The first-order chi connectivity index (χ1) is 45.0. The molecular formula is C86H55BN4. The van der Waals surface area contributed by atoms with Gasteiger partial charge in [0.05, 0.1) is 11.4 Å². The van der Waals surface area contributed by atoms with E-state index in [0.717, 1.165) is 107 Å². The van der Waals surface area contributed by atoms with Gasteiger partial charge in [0.15, 0.2) is 5.82 Å². The lowest BCUT2D eigenvalue weighted by Gasteiger charge is -2.44. The van der Waals surface area contributed by atoms with Crippen molar-refractivity contribution in [3.63, 3.8) is 0 Å². The van der Waals surface area contributed by atoms with Gasteiger partial charge in [-0.3, -0.25) is 0 Å². The van der Waals surface area contributed by atoms with Crippen molar-refractivity contribution in [3.05, 3.63) is 334 Å². The molecule has 0 amide bonds. The van der Waals surface area contributed by atoms with Crippen LogP contribution in [0.25, 0.3) is 122 Å². The lowest BCUT2D eigenvalue weighted by Crippen LogP contribution is -2.61. The van der Waals surface area contributed by atoms with Crippen LogP contribution in [-0.2, 0) is 0 Å². The largest absolute Gasteiger partial charge is 0.311 e. The molecule has 0 aliphatic carbocycles. The summed E-state index contributed by atoms with van der Waals surface area (Å²) < 4.78 is 0.